The number of imide groups is 3. The lowest BCUT2D eigenvalue weighted by Crippen LogP contribution is -2.47. The summed E-state index contributed by atoms with van der Waals surface area (Å²) in [6, 6.07) is 8.87. The Bertz CT molecular complexity index is 549. The van der Waals surface area contributed by atoms with Crippen molar-refractivity contribution >= 4 is 17.8 Å². The number of amides is 4. The third kappa shape index (κ3) is 4.73. The van der Waals surface area contributed by atoms with Crippen molar-refractivity contribution in [3.63, 3.8) is 0 Å². The molecule has 1 aromatic rings. The summed E-state index contributed by atoms with van der Waals surface area (Å²) in [4.78, 5) is 36.6. The van der Waals surface area contributed by atoms with E-state index in [0.29, 0.717) is 11.4 Å². The molecule has 1 rings (SSSR count). The summed E-state index contributed by atoms with van der Waals surface area (Å²) in [6.45, 7) is 2.33. The molecule has 6 heteroatoms. The molecule has 1 aromatic carbocycles. The normalized spacial score (nSPS) is 9.52. The van der Waals surface area contributed by atoms with Crippen molar-refractivity contribution in [1.29, 1.82) is 5.26 Å². The standard InChI is InChI=1S/C15H17N3O3/c1-2-3-11-17-15(21)18(13(19)9-10-16)14(20)12-7-5-4-6-8-12/h4-8H,2-3,9,11H2,1H3,(H,17,21). The predicted octanol–water partition coefficient (Wildman–Crippen LogP) is 2.08. The Morgan fingerprint density at radius 1 is 1.24 bits per heavy atom. The van der Waals surface area contributed by atoms with Crippen LogP contribution in [0.1, 0.15) is 36.5 Å². The highest BCUT2D eigenvalue weighted by atomic mass is 16.2. The van der Waals surface area contributed by atoms with Crippen molar-refractivity contribution in [3.05, 3.63) is 35.9 Å². The first-order valence-corrected chi connectivity index (χ1v) is 6.69. The molecule has 0 bridgehead atoms. The molecule has 0 aliphatic carbocycles. The number of nitrogens with one attached hydrogen (secondary N) is 1. The van der Waals surface area contributed by atoms with E-state index in [-0.39, 0.29) is 5.56 Å². The van der Waals surface area contributed by atoms with Gasteiger partial charge in [-0.15, -0.1) is 0 Å². The van der Waals surface area contributed by atoms with Crippen LogP contribution in [0.25, 0.3) is 0 Å². The van der Waals surface area contributed by atoms with Gasteiger partial charge in [0, 0.05) is 12.1 Å². The Kier molecular flexibility index (Phi) is 6.61. The van der Waals surface area contributed by atoms with Crippen LogP contribution < -0.4 is 5.32 Å². The molecular formula is C15H17N3O3. The van der Waals surface area contributed by atoms with E-state index in [4.69, 9.17) is 5.26 Å². The van der Waals surface area contributed by atoms with Crippen LogP contribution in [0.15, 0.2) is 30.3 Å². The van der Waals surface area contributed by atoms with Crippen LogP contribution in [0, 0.1) is 11.3 Å². The van der Waals surface area contributed by atoms with E-state index in [1.807, 2.05) is 6.92 Å². The average Bonchev–Trinajstić information content (AvgIpc) is 2.49. The molecule has 4 amide bonds. The molecule has 0 heterocycles. The van der Waals surface area contributed by atoms with Gasteiger partial charge >= 0.3 is 6.03 Å². The number of carbonyl (C=O) groups is 3. The Labute approximate surface area is 123 Å². The summed E-state index contributed by atoms with van der Waals surface area (Å²) < 4.78 is 0. The lowest BCUT2D eigenvalue weighted by atomic mass is 10.2. The molecule has 0 unspecified atom stereocenters. The van der Waals surface area contributed by atoms with Crippen molar-refractivity contribution in [1.82, 2.24) is 10.2 Å². The van der Waals surface area contributed by atoms with Gasteiger partial charge in [-0.1, -0.05) is 31.5 Å². The lowest BCUT2D eigenvalue weighted by molar-refractivity contribution is -0.125. The fraction of sp³-hybridized carbons (Fsp3) is 0.333. The third-order valence-electron chi connectivity index (χ3n) is 2.71. The first-order chi connectivity index (χ1) is 10.1. The zero-order chi connectivity index (χ0) is 15.7. The maximum atomic E-state index is 12.3. The van der Waals surface area contributed by atoms with Crippen molar-refractivity contribution < 1.29 is 14.4 Å². The maximum Gasteiger partial charge on any atom is 0.331 e. The van der Waals surface area contributed by atoms with Gasteiger partial charge in [0.2, 0.25) is 0 Å². The smallest absolute Gasteiger partial charge is 0.331 e. The van der Waals surface area contributed by atoms with E-state index in [0.717, 1.165) is 12.8 Å². The second kappa shape index (κ2) is 8.48. The predicted molar refractivity (Wildman–Crippen MR) is 76.2 cm³/mol. The summed E-state index contributed by atoms with van der Waals surface area (Å²) in [6.07, 6.45) is 1.09. The van der Waals surface area contributed by atoms with E-state index < -0.39 is 24.3 Å². The second-order valence-corrected chi connectivity index (χ2v) is 4.32. The number of urea groups is 1. The van der Waals surface area contributed by atoms with Gasteiger partial charge in [0.25, 0.3) is 11.8 Å². The summed E-state index contributed by atoms with van der Waals surface area (Å²) >= 11 is 0. The molecule has 0 fully saturated rings. The van der Waals surface area contributed by atoms with Gasteiger partial charge in [-0.3, -0.25) is 9.59 Å². The summed E-state index contributed by atoms with van der Waals surface area (Å²) in [5.74, 6) is -1.56. The highest BCUT2D eigenvalue weighted by molar-refractivity contribution is 6.16. The zero-order valence-corrected chi connectivity index (χ0v) is 11.8. The number of hydrogen-bond acceptors (Lipinski definition) is 4. The van der Waals surface area contributed by atoms with Crippen LogP contribution >= 0.6 is 0 Å². The highest BCUT2D eigenvalue weighted by Crippen LogP contribution is 2.07. The summed E-state index contributed by atoms with van der Waals surface area (Å²) in [5, 5.41) is 11.1. The lowest BCUT2D eigenvalue weighted by Gasteiger charge is -2.18. The van der Waals surface area contributed by atoms with Crippen LogP contribution in [0.4, 0.5) is 4.79 Å². The molecule has 0 aliphatic rings. The monoisotopic (exact) mass is 287 g/mol. The minimum absolute atomic E-state index is 0.217. The fourth-order valence-electron chi connectivity index (χ4n) is 1.63. The Morgan fingerprint density at radius 2 is 1.90 bits per heavy atom. The minimum Gasteiger partial charge on any atom is -0.337 e. The molecule has 1 N–H and O–H groups in total. The average molecular weight is 287 g/mol. The molecule has 0 atom stereocenters. The topological polar surface area (TPSA) is 90.3 Å². The van der Waals surface area contributed by atoms with E-state index in [9.17, 15) is 14.4 Å². The molecule has 0 saturated heterocycles. The first-order valence-electron chi connectivity index (χ1n) is 6.69. The van der Waals surface area contributed by atoms with Gasteiger partial charge in [-0.2, -0.15) is 10.2 Å². The van der Waals surface area contributed by atoms with Gasteiger partial charge in [-0.25, -0.2) is 4.79 Å². The van der Waals surface area contributed by atoms with Crippen molar-refractivity contribution in [2.24, 2.45) is 0 Å². The van der Waals surface area contributed by atoms with E-state index in [2.05, 4.69) is 5.32 Å². The molecule has 21 heavy (non-hydrogen) atoms. The number of nitriles is 1. The SMILES string of the molecule is CCCCNC(=O)N(C(=O)CC#N)C(=O)c1ccccc1. The molecule has 0 aromatic heterocycles. The summed E-state index contributed by atoms with van der Waals surface area (Å²) in [7, 11) is 0. The van der Waals surface area contributed by atoms with Gasteiger partial charge in [0.15, 0.2) is 0 Å². The maximum absolute atomic E-state index is 12.3. The Balaban J connectivity index is 2.92. The van der Waals surface area contributed by atoms with Gasteiger partial charge in [0.05, 0.1) is 6.07 Å². The van der Waals surface area contributed by atoms with E-state index in [1.54, 1.807) is 24.3 Å². The van der Waals surface area contributed by atoms with Crippen LogP contribution in [-0.2, 0) is 4.79 Å². The van der Waals surface area contributed by atoms with E-state index >= 15 is 0 Å². The number of benzene rings is 1. The van der Waals surface area contributed by atoms with Crippen molar-refractivity contribution in [3.8, 4) is 6.07 Å². The minimum atomic E-state index is -0.833. The van der Waals surface area contributed by atoms with Crippen molar-refractivity contribution in [2.45, 2.75) is 26.2 Å². The molecule has 0 radical (unpaired) electrons. The number of hydrogen-bond donors (Lipinski definition) is 1. The number of unbranched alkanes of at least 4 members (excludes halogenated alkanes) is 1. The first kappa shape index (κ1) is 16.4. The number of rotatable bonds is 5. The highest BCUT2D eigenvalue weighted by Gasteiger charge is 2.28. The fourth-order valence-corrected chi connectivity index (χ4v) is 1.63. The third-order valence-corrected chi connectivity index (χ3v) is 2.71. The largest absolute Gasteiger partial charge is 0.337 e. The van der Waals surface area contributed by atoms with Crippen LogP contribution in [0.3, 0.4) is 0 Å². The number of nitrogens with zero attached hydrogens (tertiary/aromatic N) is 2. The Hall–Kier alpha value is -2.68. The summed E-state index contributed by atoms with van der Waals surface area (Å²) in [5.41, 5.74) is 0.217. The van der Waals surface area contributed by atoms with Gasteiger partial charge in [-0.05, 0) is 18.6 Å². The molecule has 0 saturated carbocycles. The van der Waals surface area contributed by atoms with Crippen LogP contribution in [-0.4, -0.2) is 29.3 Å². The van der Waals surface area contributed by atoms with Gasteiger partial charge in [0.1, 0.15) is 6.42 Å². The van der Waals surface area contributed by atoms with E-state index in [1.165, 1.54) is 12.1 Å². The number of carbonyl (C=O) groups excluding carboxylic acids is 3. The molecule has 6 nitrogen and oxygen atoms in total. The molecule has 0 aliphatic heterocycles. The molecule has 110 valence electrons. The van der Waals surface area contributed by atoms with Crippen LogP contribution in [0.2, 0.25) is 0 Å². The second-order valence-electron chi connectivity index (χ2n) is 4.32. The van der Waals surface area contributed by atoms with Crippen molar-refractivity contribution in [2.75, 3.05) is 6.54 Å². The van der Waals surface area contributed by atoms with Crippen LogP contribution in [0.5, 0.6) is 0 Å². The quantitative estimate of drug-likeness (QED) is 0.839. The Morgan fingerprint density at radius 3 is 2.48 bits per heavy atom. The van der Waals surface area contributed by atoms with Gasteiger partial charge < -0.3 is 5.32 Å². The zero-order valence-electron chi connectivity index (χ0n) is 11.8. The molecular weight excluding hydrogens is 270 g/mol. The molecule has 0 spiro atoms.